The van der Waals surface area contributed by atoms with Crippen molar-refractivity contribution in [3.63, 3.8) is 0 Å². The van der Waals surface area contributed by atoms with Crippen LogP contribution in [0, 0.1) is 0 Å². The van der Waals surface area contributed by atoms with Gasteiger partial charge in [-0.3, -0.25) is 4.31 Å². The number of anilines is 1. The van der Waals surface area contributed by atoms with Gasteiger partial charge in [-0.1, -0.05) is 25.1 Å². The van der Waals surface area contributed by atoms with Gasteiger partial charge in [-0.2, -0.15) is 12.7 Å². The van der Waals surface area contributed by atoms with Crippen molar-refractivity contribution in [3.8, 4) is 0 Å². The van der Waals surface area contributed by atoms with E-state index in [-0.39, 0.29) is 0 Å². The van der Waals surface area contributed by atoms with Crippen LogP contribution in [0.25, 0.3) is 0 Å². The number of benzene rings is 1. The fraction of sp³-hybridized carbons (Fsp3) is 0.571. The van der Waals surface area contributed by atoms with E-state index in [9.17, 15) is 8.42 Å². The summed E-state index contributed by atoms with van der Waals surface area (Å²) >= 11 is 0. The van der Waals surface area contributed by atoms with Crippen LogP contribution < -0.4 is 9.62 Å². The highest BCUT2D eigenvalue weighted by atomic mass is 32.2. The molecule has 1 heterocycles. The van der Waals surface area contributed by atoms with Crippen molar-refractivity contribution >= 4 is 15.9 Å². The fourth-order valence-electron chi connectivity index (χ4n) is 2.43. The molecule has 1 aliphatic heterocycles. The number of nitrogens with zero attached hydrogens (tertiary/aromatic N) is 2. The lowest BCUT2D eigenvalue weighted by Crippen LogP contribution is -2.42. The lowest BCUT2D eigenvalue weighted by Gasteiger charge is -2.26. The molecule has 1 N–H and O–H groups in total. The molecule has 5 nitrogen and oxygen atoms in total. The molecule has 0 atom stereocenters. The molecule has 1 aromatic rings. The zero-order valence-corrected chi connectivity index (χ0v) is 13.0. The van der Waals surface area contributed by atoms with E-state index in [0.717, 1.165) is 37.2 Å². The summed E-state index contributed by atoms with van der Waals surface area (Å²) in [6, 6.07) is 7.72. The van der Waals surface area contributed by atoms with Crippen LogP contribution in [0.15, 0.2) is 24.3 Å². The van der Waals surface area contributed by atoms with Crippen LogP contribution in [-0.4, -0.2) is 45.9 Å². The van der Waals surface area contributed by atoms with Crippen molar-refractivity contribution in [1.82, 2.24) is 9.62 Å². The van der Waals surface area contributed by atoms with E-state index in [1.165, 1.54) is 8.61 Å². The molecule has 0 bridgehead atoms. The first-order valence-corrected chi connectivity index (χ1v) is 8.49. The number of fused-ring (bicyclic) bond motifs is 1. The first kappa shape index (κ1) is 15.3. The Balaban J connectivity index is 2.04. The van der Waals surface area contributed by atoms with E-state index >= 15 is 0 Å². The monoisotopic (exact) mass is 297 g/mol. The molecule has 0 spiro atoms. The number of hydrogen-bond acceptors (Lipinski definition) is 3. The Labute approximate surface area is 121 Å². The molecule has 0 aromatic heterocycles. The van der Waals surface area contributed by atoms with E-state index < -0.39 is 10.2 Å². The third kappa shape index (κ3) is 3.13. The second kappa shape index (κ2) is 6.56. The normalized spacial score (nSPS) is 14.8. The smallest absolute Gasteiger partial charge is 0.303 e. The molecule has 112 valence electrons. The Bertz CT molecular complexity index is 545. The first-order chi connectivity index (χ1) is 9.57. The van der Waals surface area contributed by atoms with Gasteiger partial charge in [-0.05, 0) is 37.6 Å². The summed E-state index contributed by atoms with van der Waals surface area (Å²) < 4.78 is 28.2. The summed E-state index contributed by atoms with van der Waals surface area (Å²) in [7, 11) is -1.75. The number of rotatable bonds is 7. The molecule has 0 radical (unpaired) electrons. The molecule has 0 saturated carbocycles. The molecule has 0 fully saturated rings. The van der Waals surface area contributed by atoms with E-state index in [2.05, 4.69) is 5.32 Å². The molecule has 6 heteroatoms. The largest absolute Gasteiger partial charge is 0.317 e. The topological polar surface area (TPSA) is 52.7 Å². The third-order valence-electron chi connectivity index (χ3n) is 3.59. The van der Waals surface area contributed by atoms with Gasteiger partial charge in [0.15, 0.2) is 0 Å². The van der Waals surface area contributed by atoms with E-state index in [1.54, 1.807) is 7.05 Å². The van der Waals surface area contributed by atoms with E-state index in [0.29, 0.717) is 13.1 Å². The minimum Gasteiger partial charge on any atom is -0.317 e. The molecular weight excluding hydrogens is 274 g/mol. The van der Waals surface area contributed by atoms with Gasteiger partial charge in [-0.15, -0.1) is 0 Å². The lowest BCUT2D eigenvalue weighted by molar-refractivity contribution is 0.453. The van der Waals surface area contributed by atoms with E-state index in [1.807, 2.05) is 31.2 Å². The first-order valence-electron chi connectivity index (χ1n) is 7.10. The number of hydrogen-bond donors (Lipinski definition) is 1. The highest BCUT2D eigenvalue weighted by molar-refractivity contribution is 7.90. The Morgan fingerprint density at radius 3 is 2.85 bits per heavy atom. The van der Waals surface area contributed by atoms with Gasteiger partial charge in [0.25, 0.3) is 0 Å². The molecule has 1 aromatic carbocycles. The third-order valence-corrected chi connectivity index (χ3v) is 5.50. The van der Waals surface area contributed by atoms with Crippen LogP contribution >= 0.6 is 0 Å². The second-order valence-electron chi connectivity index (χ2n) is 4.99. The van der Waals surface area contributed by atoms with Crippen LogP contribution in [0.4, 0.5) is 5.69 Å². The highest BCUT2D eigenvalue weighted by Crippen LogP contribution is 2.30. The molecule has 20 heavy (non-hydrogen) atoms. The SMILES string of the molecule is CCNCCCN(C)S(=O)(=O)N1CCc2ccccc21. The van der Waals surface area contributed by atoms with Crippen LogP contribution in [0.1, 0.15) is 18.9 Å². The average Bonchev–Trinajstić information content (AvgIpc) is 2.88. The molecule has 0 amide bonds. The van der Waals surface area contributed by atoms with Crippen molar-refractivity contribution in [3.05, 3.63) is 29.8 Å². The minimum absolute atomic E-state index is 0.536. The van der Waals surface area contributed by atoms with Crippen LogP contribution in [0.3, 0.4) is 0 Å². The minimum atomic E-state index is -3.40. The van der Waals surface area contributed by atoms with E-state index in [4.69, 9.17) is 0 Å². The Morgan fingerprint density at radius 2 is 2.10 bits per heavy atom. The Hall–Kier alpha value is -1.11. The molecule has 2 rings (SSSR count). The maximum Gasteiger partial charge on any atom is 0.303 e. The number of para-hydroxylation sites is 1. The molecule has 0 unspecified atom stereocenters. The van der Waals surface area contributed by atoms with Crippen LogP contribution in [-0.2, 0) is 16.6 Å². The maximum absolute atomic E-state index is 12.6. The molecule has 0 saturated heterocycles. The van der Waals surface area contributed by atoms with Gasteiger partial charge in [0.05, 0.1) is 5.69 Å². The summed E-state index contributed by atoms with van der Waals surface area (Å²) in [4.78, 5) is 0. The zero-order chi connectivity index (χ0) is 14.6. The average molecular weight is 297 g/mol. The highest BCUT2D eigenvalue weighted by Gasteiger charge is 2.31. The van der Waals surface area contributed by atoms with Crippen LogP contribution in [0.5, 0.6) is 0 Å². The van der Waals surface area contributed by atoms with Gasteiger partial charge in [-0.25, -0.2) is 0 Å². The lowest BCUT2D eigenvalue weighted by atomic mass is 10.2. The number of nitrogens with one attached hydrogen (secondary N) is 1. The van der Waals surface area contributed by atoms with Gasteiger partial charge in [0.2, 0.25) is 0 Å². The summed E-state index contributed by atoms with van der Waals surface area (Å²) in [6.07, 6.45) is 1.61. The van der Waals surface area contributed by atoms with Crippen molar-refractivity contribution in [2.24, 2.45) is 0 Å². The Kier molecular flexibility index (Phi) is 5.01. The van der Waals surface area contributed by atoms with Crippen molar-refractivity contribution in [1.29, 1.82) is 0 Å². The van der Waals surface area contributed by atoms with Crippen molar-refractivity contribution in [2.45, 2.75) is 19.8 Å². The van der Waals surface area contributed by atoms with Crippen molar-refractivity contribution in [2.75, 3.05) is 37.5 Å². The van der Waals surface area contributed by atoms with Gasteiger partial charge >= 0.3 is 10.2 Å². The molecular formula is C14H23N3O2S. The zero-order valence-electron chi connectivity index (χ0n) is 12.2. The maximum atomic E-state index is 12.6. The Morgan fingerprint density at radius 1 is 1.35 bits per heavy atom. The standard InChI is InChI=1S/C14H23N3O2S/c1-3-15-10-6-11-16(2)20(18,19)17-12-9-13-7-4-5-8-14(13)17/h4-5,7-8,15H,3,6,9-12H2,1-2H3. The summed E-state index contributed by atoms with van der Waals surface area (Å²) in [6.45, 7) is 4.87. The summed E-state index contributed by atoms with van der Waals surface area (Å²) in [5.74, 6) is 0. The fourth-order valence-corrected chi connectivity index (χ4v) is 3.88. The summed E-state index contributed by atoms with van der Waals surface area (Å²) in [5, 5.41) is 3.21. The van der Waals surface area contributed by atoms with Gasteiger partial charge < -0.3 is 5.32 Å². The molecule has 0 aliphatic carbocycles. The van der Waals surface area contributed by atoms with Crippen LogP contribution in [0.2, 0.25) is 0 Å². The summed E-state index contributed by atoms with van der Waals surface area (Å²) in [5.41, 5.74) is 1.93. The predicted octanol–water partition coefficient (Wildman–Crippen LogP) is 1.23. The second-order valence-corrected chi connectivity index (χ2v) is 6.95. The molecule has 1 aliphatic rings. The predicted molar refractivity (Wildman–Crippen MR) is 82.2 cm³/mol. The van der Waals surface area contributed by atoms with Gasteiger partial charge in [0, 0.05) is 20.1 Å². The van der Waals surface area contributed by atoms with Gasteiger partial charge in [0.1, 0.15) is 0 Å². The van der Waals surface area contributed by atoms with Crippen molar-refractivity contribution < 1.29 is 8.42 Å². The quantitative estimate of drug-likeness (QED) is 0.770.